The van der Waals surface area contributed by atoms with Gasteiger partial charge in [0, 0.05) is 31.4 Å². The number of hydrogen-bond donors (Lipinski definition) is 0. The highest BCUT2D eigenvalue weighted by atomic mass is 16.6. The minimum absolute atomic E-state index is 0.0980. The van der Waals surface area contributed by atoms with E-state index in [0.717, 1.165) is 30.7 Å². The van der Waals surface area contributed by atoms with Crippen molar-refractivity contribution >= 4 is 5.97 Å². The summed E-state index contributed by atoms with van der Waals surface area (Å²) in [5.74, 6) is 1.10. The van der Waals surface area contributed by atoms with E-state index in [9.17, 15) is 4.79 Å². The van der Waals surface area contributed by atoms with E-state index >= 15 is 0 Å². The van der Waals surface area contributed by atoms with Crippen molar-refractivity contribution in [3.63, 3.8) is 0 Å². The average molecular weight is 696 g/mol. The molecule has 5 aromatic carbocycles. The summed E-state index contributed by atoms with van der Waals surface area (Å²) in [6.07, 6.45) is 1.88. The van der Waals surface area contributed by atoms with Crippen LogP contribution in [0, 0.1) is 0 Å². The summed E-state index contributed by atoms with van der Waals surface area (Å²) in [5, 5.41) is 0. The molecule has 0 fully saturated rings. The predicted octanol–water partition coefficient (Wildman–Crippen LogP) is 9.70. The molecule has 5 nitrogen and oxygen atoms in total. The van der Waals surface area contributed by atoms with Gasteiger partial charge in [0.25, 0.3) is 0 Å². The standard InChI is InChI=1S/C47H53NO4/c1-6-50-45(47(49)51-7-2)30-35-18-25-42(26-19-35)52-29-28-48(5)46-43-27-24-39(33(3)36-14-10-8-11-15-36)31-41(43)23-21-38-20-22-40(32-44(38)46)34(4)37-16-12-9-13-17-37/h8-20,22,24-27,31-34,45-46H,6-7,21,23,28-30H2,1-5H3. The molecule has 5 heteroatoms. The topological polar surface area (TPSA) is 48.0 Å². The molecule has 1 aliphatic rings. The fourth-order valence-electron chi connectivity index (χ4n) is 7.54. The smallest absolute Gasteiger partial charge is 0.335 e. The van der Waals surface area contributed by atoms with Gasteiger partial charge in [-0.05, 0) is 95.9 Å². The van der Waals surface area contributed by atoms with Gasteiger partial charge in [-0.15, -0.1) is 0 Å². The van der Waals surface area contributed by atoms with Crippen LogP contribution in [0.25, 0.3) is 0 Å². The van der Waals surface area contributed by atoms with E-state index in [4.69, 9.17) is 14.2 Å². The zero-order valence-corrected chi connectivity index (χ0v) is 31.4. The van der Waals surface area contributed by atoms with Crippen molar-refractivity contribution in [2.45, 2.75) is 70.9 Å². The highest BCUT2D eigenvalue weighted by molar-refractivity contribution is 5.75. The number of ether oxygens (including phenoxy) is 3. The summed E-state index contributed by atoms with van der Waals surface area (Å²) >= 11 is 0. The van der Waals surface area contributed by atoms with Gasteiger partial charge in [0.05, 0.1) is 12.6 Å². The van der Waals surface area contributed by atoms with E-state index in [0.29, 0.717) is 38.1 Å². The van der Waals surface area contributed by atoms with Crippen LogP contribution in [0.4, 0.5) is 0 Å². The molecular formula is C47H53NO4. The molecule has 0 spiro atoms. The molecule has 0 heterocycles. The predicted molar refractivity (Wildman–Crippen MR) is 210 cm³/mol. The van der Waals surface area contributed by atoms with Gasteiger partial charge in [-0.1, -0.05) is 123 Å². The Morgan fingerprint density at radius 1 is 0.692 bits per heavy atom. The maximum Gasteiger partial charge on any atom is 0.335 e. The Morgan fingerprint density at radius 3 is 1.94 bits per heavy atom. The van der Waals surface area contributed by atoms with E-state index in [1.165, 1.54) is 44.5 Å². The van der Waals surface area contributed by atoms with Gasteiger partial charge in [-0.3, -0.25) is 4.90 Å². The fraction of sp³-hybridized carbons (Fsp3) is 0.340. The Kier molecular flexibility index (Phi) is 12.6. The first-order valence-electron chi connectivity index (χ1n) is 18.9. The monoisotopic (exact) mass is 695 g/mol. The molecule has 0 aliphatic heterocycles. The van der Waals surface area contributed by atoms with Gasteiger partial charge >= 0.3 is 5.97 Å². The van der Waals surface area contributed by atoms with E-state index < -0.39 is 6.10 Å². The van der Waals surface area contributed by atoms with Crippen molar-refractivity contribution in [3.8, 4) is 5.75 Å². The molecule has 0 aromatic heterocycles. The van der Waals surface area contributed by atoms with Crippen LogP contribution in [0.1, 0.15) is 95.6 Å². The fourth-order valence-corrected chi connectivity index (χ4v) is 7.54. The lowest BCUT2D eigenvalue weighted by molar-refractivity contribution is -0.156. The van der Waals surface area contributed by atoms with Crippen LogP contribution in [-0.4, -0.2) is 50.4 Å². The van der Waals surface area contributed by atoms with Gasteiger partial charge in [0.1, 0.15) is 12.4 Å². The number of likely N-dealkylation sites (N-methyl/N-ethyl adjacent to an activating group) is 1. The van der Waals surface area contributed by atoms with Gasteiger partial charge < -0.3 is 14.2 Å². The number of fused-ring (bicyclic) bond motifs is 2. The van der Waals surface area contributed by atoms with Crippen molar-refractivity contribution in [1.29, 1.82) is 0 Å². The molecule has 5 aromatic rings. The molecule has 0 saturated heterocycles. The maximum absolute atomic E-state index is 12.4. The Hall–Kier alpha value is -4.71. The molecule has 4 unspecified atom stereocenters. The van der Waals surface area contributed by atoms with Crippen LogP contribution in [0.5, 0.6) is 5.75 Å². The number of rotatable bonds is 15. The van der Waals surface area contributed by atoms with Crippen molar-refractivity contribution in [1.82, 2.24) is 4.90 Å². The molecule has 52 heavy (non-hydrogen) atoms. The lowest BCUT2D eigenvalue weighted by Gasteiger charge is -2.31. The number of aryl methyl sites for hydroxylation is 2. The maximum atomic E-state index is 12.4. The SMILES string of the molecule is CCOC(=O)C(Cc1ccc(OCCN(C)C2c3ccc(C(C)c4ccccc4)cc3CCc3ccc(C(C)c4ccccc4)cc32)cc1)OCC. The summed E-state index contributed by atoms with van der Waals surface area (Å²) in [6.45, 7) is 10.4. The highest BCUT2D eigenvalue weighted by Crippen LogP contribution is 2.40. The number of benzene rings is 5. The quantitative estimate of drug-likeness (QED) is 0.102. The van der Waals surface area contributed by atoms with Gasteiger partial charge in [0.2, 0.25) is 0 Å². The molecular weight excluding hydrogens is 643 g/mol. The summed E-state index contributed by atoms with van der Waals surface area (Å²) in [4.78, 5) is 14.8. The van der Waals surface area contributed by atoms with E-state index in [1.54, 1.807) is 0 Å². The molecule has 4 atom stereocenters. The second-order valence-electron chi connectivity index (χ2n) is 14.0. The van der Waals surface area contributed by atoms with Crippen LogP contribution >= 0.6 is 0 Å². The Morgan fingerprint density at radius 2 is 1.31 bits per heavy atom. The first-order valence-corrected chi connectivity index (χ1v) is 18.9. The lowest BCUT2D eigenvalue weighted by Crippen LogP contribution is -2.30. The van der Waals surface area contributed by atoms with E-state index in [1.807, 2.05) is 38.1 Å². The van der Waals surface area contributed by atoms with Crippen LogP contribution in [0.3, 0.4) is 0 Å². The molecule has 0 N–H and O–H groups in total. The number of nitrogens with zero attached hydrogens (tertiary/aromatic N) is 1. The number of carbonyl (C=O) groups excluding carboxylic acids is 1. The zero-order chi connectivity index (χ0) is 36.5. The van der Waals surface area contributed by atoms with E-state index in [-0.39, 0.29) is 12.0 Å². The van der Waals surface area contributed by atoms with Crippen molar-refractivity contribution in [2.75, 3.05) is 33.4 Å². The normalized spacial score (nSPS) is 15.5. The van der Waals surface area contributed by atoms with Crippen LogP contribution in [0.15, 0.2) is 121 Å². The van der Waals surface area contributed by atoms with E-state index in [2.05, 4.69) is 123 Å². The van der Waals surface area contributed by atoms with Crippen LogP contribution < -0.4 is 4.74 Å². The van der Waals surface area contributed by atoms with Crippen LogP contribution in [-0.2, 0) is 33.5 Å². The minimum Gasteiger partial charge on any atom is -0.492 e. The van der Waals surface area contributed by atoms with Crippen molar-refractivity contribution in [2.24, 2.45) is 0 Å². The first kappa shape index (κ1) is 37.1. The van der Waals surface area contributed by atoms with Crippen LogP contribution in [0.2, 0.25) is 0 Å². The number of esters is 1. The number of carbonyl (C=O) groups is 1. The summed E-state index contributed by atoms with van der Waals surface area (Å²) < 4.78 is 17.2. The molecule has 0 saturated carbocycles. The molecule has 0 radical (unpaired) electrons. The molecule has 1 aliphatic carbocycles. The Bertz CT molecular complexity index is 1890. The summed E-state index contributed by atoms with van der Waals surface area (Å²) in [5.41, 5.74) is 12.0. The third-order valence-electron chi connectivity index (χ3n) is 10.6. The number of hydrogen-bond acceptors (Lipinski definition) is 5. The van der Waals surface area contributed by atoms with Crippen molar-refractivity contribution in [3.05, 3.63) is 171 Å². The highest BCUT2D eigenvalue weighted by Gasteiger charge is 2.29. The second-order valence-corrected chi connectivity index (χ2v) is 14.0. The molecule has 0 bridgehead atoms. The second kappa shape index (κ2) is 17.7. The minimum atomic E-state index is -0.607. The third kappa shape index (κ3) is 8.83. The largest absolute Gasteiger partial charge is 0.492 e. The lowest BCUT2D eigenvalue weighted by atomic mass is 9.86. The Balaban J connectivity index is 1.23. The molecule has 270 valence electrons. The first-order chi connectivity index (χ1) is 25.4. The van der Waals surface area contributed by atoms with Crippen molar-refractivity contribution < 1.29 is 19.0 Å². The zero-order valence-electron chi connectivity index (χ0n) is 31.4. The van der Waals surface area contributed by atoms with Gasteiger partial charge in [-0.2, -0.15) is 0 Å². The van der Waals surface area contributed by atoms with Gasteiger partial charge in [0.15, 0.2) is 6.10 Å². The average Bonchev–Trinajstić information content (AvgIpc) is 3.34. The molecule has 0 amide bonds. The summed E-state index contributed by atoms with van der Waals surface area (Å²) in [7, 11) is 2.23. The van der Waals surface area contributed by atoms with Gasteiger partial charge in [-0.25, -0.2) is 4.79 Å². The molecule has 6 rings (SSSR count). The summed E-state index contributed by atoms with van der Waals surface area (Å²) in [6, 6.07) is 44.0. The third-order valence-corrected chi connectivity index (χ3v) is 10.6. The Labute approximate surface area is 310 Å².